The van der Waals surface area contributed by atoms with Gasteiger partial charge in [-0.3, -0.25) is 9.98 Å². The Labute approximate surface area is 246 Å². The number of benzene rings is 2. The molecule has 2 aromatic rings. The van der Waals surface area contributed by atoms with Crippen LogP contribution in [0.5, 0.6) is 0 Å². The summed E-state index contributed by atoms with van der Waals surface area (Å²) in [6.07, 6.45) is 24.7. The Kier molecular flexibility index (Phi) is 20.3. The summed E-state index contributed by atoms with van der Waals surface area (Å²) >= 11 is 0. The zero-order chi connectivity index (χ0) is 28.4. The number of rotatable bonds is 25. The lowest BCUT2D eigenvalue weighted by Gasteiger charge is -2.09. The van der Waals surface area contributed by atoms with Crippen molar-refractivity contribution >= 4 is 23.8 Å². The van der Waals surface area contributed by atoms with E-state index in [1.54, 1.807) is 0 Å². The first-order chi connectivity index (χ1) is 19.8. The van der Waals surface area contributed by atoms with E-state index in [1.807, 2.05) is 12.4 Å². The van der Waals surface area contributed by atoms with Gasteiger partial charge < -0.3 is 10.6 Å². The van der Waals surface area contributed by atoms with Gasteiger partial charge in [0, 0.05) is 61.1 Å². The first kappa shape index (κ1) is 33.6. The maximum atomic E-state index is 4.71. The summed E-state index contributed by atoms with van der Waals surface area (Å²) in [7, 11) is 0. The highest BCUT2D eigenvalue weighted by molar-refractivity contribution is 5.88. The second-order valence-corrected chi connectivity index (χ2v) is 11.0. The van der Waals surface area contributed by atoms with E-state index in [0.29, 0.717) is 0 Å². The third-order valence-electron chi connectivity index (χ3n) is 7.40. The van der Waals surface area contributed by atoms with Crippen LogP contribution in [0.15, 0.2) is 58.5 Å². The van der Waals surface area contributed by atoms with E-state index >= 15 is 0 Å². The second kappa shape index (κ2) is 24.2. The highest BCUT2D eigenvalue weighted by Crippen LogP contribution is 2.15. The maximum Gasteiger partial charge on any atom is 0.0429 e. The first-order valence-electron chi connectivity index (χ1n) is 16.5. The first-order valence-corrected chi connectivity index (χ1v) is 16.5. The SMILES string of the molecule is CCCCCCCCNc1ccccc1C=NCCCCCCN=Cc1ccccc1NCCCCCCCC. The van der Waals surface area contributed by atoms with Crippen molar-refractivity contribution < 1.29 is 0 Å². The van der Waals surface area contributed by atoms with Crippen molar-refractivity contribution in [2.75, 3.05) is 36.8 Å². The summed E-state index contributed by atoms with van der Waals surface area (Å²) < 4.78 is 0. The molecule has 0 spiro atoms. The fourth-order valence-corrected chi connectivity index (χ4v) is 4.88. The Morgan fingerprint density at radius 1 is 0.475 bits per heavy atom. The van der Waals surface area contributed by atoms with Crippen molar-refractivity contribution in [2.24, 2.45) is 9.98 Å². The van der Waals surface area contributed by atoms with Gasteiger partial charge in [-0.15, -0.1) is 0 Å². The molecule has 0 saturated heterocycles. The lowest BCUT2D eigenvalue weighted by molar-refractivity contribution is 0.617. The molecule has 4 nitrogen and oxygen atoms in total. The third-order valence-corrected chi connectivity index (χ3v) is 7.40. The molecule has 0 heterocycles. The summed E-state index contributed by atoms with van der Waals surface area (Å²) in [6.45, 7) is 8.42. The zero-order valence-electron chi connectivity index (χ0n) is 25.8. The van der Waals surface area contributed by atoms with Crippen LogP contribution in [0.2, 0.25) is 0 Å². The van der Waals surface area contributed by atoms with Crippen LogP contribution in [0.25, 0.3) is 0 Å². The minimum atomic E-state index is 0.896. The molecule has 0 saturated carbocycles. The molecule has 0 radical (unpaired) electrons. The summed E-state index contributed by atoms with van der Waals surface area (Å²) in [5.41, 5.74) is 4.81. The fourth-order valence-electron chi connectivity index (χ4n) is 4.88. The van der Waals surface area contributed by atoms with E-state index in [2.05, 4.69) is 73.0 Å². The van der Waals surface area contributed by atoms with Crippen molar-refractivity contribution in [3.05, 3.63) is 59.7 Å². The van der Waals surface area contributed by atoms with Crippen LogP contribution in [0.3, 0.4) is 0 Å². The average molecular weight is 547 g/mol. The Morgan fingerprint density at radius 2 is 0.850 bits per heavy atom. The number of hydrogen-bond acceptors (Lipinski definition) is 4. The van der Waals surface area contributed by atoms with Crippen LogP contribution in [0.4, 0.5) is 11.4 Å². The highest BCUT2D eigenvalue weighted by Gasteiger charge is 2.00. The van der Waals surface area contributed by atoms with Gasteiger partial charge in [-0.25, -0.2) is 0 Å². The van der Waals surface area contributed by atoms with E-state index in [9.17, 15) is 0 Å². The minimum Gasteiger partial charge on any atom is -0.385 e. The number of hydrogen-bond donors (Lipinski definition) is 2. The van der Waals surface area contributed by atoms with Gasteiger partial charge in [-0.1, -0.05) is 127 Å². The number of unbranched alkanes of at least 4 members (excludes halogenated alkanes) is 13. The molecule has 2 rings (SSSR count). The monoisotopic (exact) mass is 546 g/mol. The molecule has 0 aliphatic rings. The molecule has 222 valence electrons. The average Bonchev–Trinajstić information content (AvgIpc) is 2.98. The van der Waals surface area contributed by atoms with E-state index < -0.39 is 0 Å². The molecule has 0 bridgehead atoms. The minimum absolute atomic E-state index is 0.896. The summed E-state index contributed by atoms with van der Waals surface area (Å²) in [4.78, 5) is 9.42. The van der Waals surface area contributed by atoms with Gasteiger partial charge in [0.05, 0.1) is 0 Å². The van der Waals surface area contributed by atoms with E-state index in [1.165, 1.54) is 112 Å². The molecule has 0 aromatic heterocycles. The van der Waals surface area contributed by atoms with Crippen molar-refractivity contribution in [1.29, 1.82) is 0 Å². The molecule has 4 heteroatoms. The predicted octanol–water partition coefficient (Wildman–Crippen LogP) is 10.3. The smallest absolute Gasteiger partial charge is 0.0429 e. The summed E-state index contributed by atoms with van der Waals surface area (Å²) in [6, 6.07) is 17.1. The molecule has 40 heavy (non-hydrogen) atoms. The lowest BCUT2D eigenvalue weighted by atomic mass is 10.1. The molecule has 0 unspecified atom stereocenters. The van der Waals surface area contributed by atoms with Crippen LogP contribution >= 0.6 is 0 Å². The van der Waals surface area contributed by atoms with Crippen LogP contribution < -0.4 is 10.6 Å². The van der Waals surface area contributed by atoms with Gasteiger partial charge in [0.1, 0.15) is 0 Å². The van der Waals surface area contributed by atoms with E-state index in [4.69, 9.17) is 9.98 Å². The van der Waals surface area contributed by atoms with Gasteiger partial charge in [-0.05, 0) is 37.8 Å². The van der Waals surface area contributed by atoms with Crippen molar-refractivity contribution in [2.45, 2.75) is 117 Å². The van der Waals surface area contributed by atoms with Gasteiger partial charge in [0.2, 0.25) is 0 Å². The topological polar surface area (TPSA) is 48.8 Å². The fraction of sp³-hybridized carbons (Fsp3) is 0.611. The number of para-hydroxylation sites is 2. The van der Waals surface area contributed by atoms with Crippen LogP contribution in [0, 0.1) is 0 Å². The Morgan fingerprint density at radius 3 is 1.30 bits per heavy atom. The van der Waals surface area contributed by atoms with Crippen LogP contribution in [0.1, 0.15) is 128 Å². The largest absolute Gasteiger partial charge is 0.385 e. The molecule has 0 aliphatic heterocycles. The van der Waals surface area contributed by atoms with E-state index in [-0.39, 0.29) is 0 Å². The number of anilines is 2. The Bertz CT molecular complexity index is 845. The zero-order valence-corrected chi connectivity index (χ0v) is 25.8. The molecule has 0 amide bonds. The Balaban J connectivity index is 1.56. The predicted molar refractivity (Wildman–Crippen MR) is 180 cm³/mol. The van der Waals surface area contributed by atoms with Crippen LogP contribution in [-0.2, 0) is 0 Å². The molecule has 0 aliphatic carbocycles. The van der Waals surface area contributed by atoms with Crippen LogP contribution in [-0.4, -0.2) is 38.6 Å². The third kappa shape index (κ3) is 16.5. The van der Waals surface area contributed by atoms with Gasteiger partial charge in [0.25, 0.3) is 0 Å². The second-order valence-electron chi connectivity index (χ2n) is 11.0. The standard InChI is InChI=1S/C36H58N4/c1-3-5-7-9-11-21-29-39-35-25-17-15-23-33(35)31-37-27-19-13-14-20-28-38-32-34-24-16-18-26-36(34)40-30-22-12-10-8-6-4-2/h15-18,23-26,31-32,39-40H,3-14,19-22,27-30H2,1-2H3. The van der Waals surface area contributed by atoms with Gasteiger partial charge >= 0.3 is 0 Å². The van der Waals surface area contributed by atoms with Gasteiger partial charge in [-0.2, -0.15) is 0 Å². The molecular formula is C36H58N4. The lowest BCUT2D eigenvalue weighted by Crippen LogP contribution is -2.04. The molecule has 0 fully saturated rings. The normalized spacial score (nSPS) is 11.6. The number of nitrogens with one attached hydrogen (secondary N) is 2. The van der Waals surface area contributed by atoms with Crippen molar-refractivity contribution in [1.82, 2.24) is 0 Å². The molecular weight excluding hydrogens is 488 g/mol. The Hall–Kier alpha value is -2.62. The maximum absolute atomic E-state index is 4.71. The highest BCUT2D eigenvalue weighted by atomic mass is 14.9. The van der Waals surface area contributed by atoms with Crippen molar-refractivity contribution in [3.8, 4) is 0 Å². The molecule has 0 atom stereocenters. The number of nitrogens with zero attached hydrogens (tertiary/aromatic N) is 2. The number of aliphatic imine (C=N–C) groups is 2. The van der Waals surface area contributed by atoms with Crippen molar-refractivity contribution in [3.63, 3.8) is 0 Å². The summed E-state index contributed by atoms with van der Waals surface area (Å²) in [5, 5.41) is 7.22. The molecule has 2 aromatic carbocycles. The van der Waals surface area contributed by atoms with Gasteiger partial charge in [0.15, 0.2) is 0 Å². The quantitative estimate of drug-likeness (QED) is 0.0961. The van der Waals surface area contributed by atoms with E-state index in [0.717, 1.165) is 39.0 Å². The summed E-state index contributed by atoms with van der Waals surface area (Å²) in [5.74, 6) is 0. The molecule has 2 N–H and O–H groups in total.